The molecule has 0 spiro atoms. The molecule has 1 aliphatic carbocycles. The number of ether oxygens (including phenoxy) is 2. The molecule has 0 aromatic heterocycles. The van der Waals surface area contributed by atoms with Gasteiger partial charge >= 0.3 is 5.97 Å². The predicted octanol–water partition coefficient (Wildman–Crippen LogP) is 3.67. The number of fused-ring (bicyclic) bond motifs is 2. The molecule has 4 rings (SSSR count). The molecular formula is C26H19NO6. The van der Waals surface area contributed by atoms with E-state index in [-0.39, 0.29) is 22.7 Å². The highest BCUT2D eigenvalue weighted by atomic mass is 16.5. The SMILES string of the molecule is COc1ccc(/C=C/C(=O)OCC(=O)Nc2ccc3c(c2)C(=O)c2ccccc2C3=O)cc1. The molecule has 33 heavy (non-hydrogen) atoms. The van der Waals surface area contributed by atoms with Gasteiger partial charge in [-0.1, -0.05) is 36.4 Å². The molecule has 164 valence electrons. The summed E-state index contributed by atoms with van der Waals surface area (Å²) in [5.74, 6) is -1.08. The van der Waals surface area contributed by atoms with E-state index < -0.39 is 18.5 Å². The number of hydrogen-bond acceptors (Lipinski definition) is 6. The van der Waals surface area contributed by atoms with Crippen LogP contribution in [0.15, 0.2) is 72.8 Å². The van der Waals surface area contributed by atoms with Gasteiger partial charge in [-0.05, 0) is 42.0 Å². The Morgan fingerprint density at radius 1 is 0.848 bits per heavy atom. The molecule has 0 saturated carbocycles. The lowest BCUT2D eigenvalue weighted by molar-refractivity contribution is -0.142. The second kappa shape index (κ2) is 9.32. The minimum atomic E-state index is -0.677. The fourth-order valence-electron chi connectivity index (χ4n) is 3.44. The summed E-state index contributed by atoms with van der Waals surface area (Å²) in [4.78, 5) is 49.5. The number of ketones is 2. The lowest BCUT2D eigenvalue weighted by atomic mass is 9.84. The van der Waals surface area contributed by atoms with Gasteiger partial charge in [0.2, 0.25) is 0 Å². The van der Waals surface area contributed by atoms with Gasteiger partial charge in [-0.15, -0.1) is 0 Å². The first-order valence-electron chi connectivity index (χ1n) is 10.1. The van der Waals surface area contributed by atoms with Crippen molar-refractivity contribution in [3.63, 3.8) is 0 Å². The van der Waals surface area contributed by atoms with Crippen LogP contribution in [-0.4, -0.2) is 37.2 Å². The zero-order valence-electron chi connectivity index (χ0n) is 17.7. The number of rotatable bonds is 6. The highest BCUT2D eigenvalue weighted by Gasteiger charge is 2.29. The van der Waals surface area contributed by atoms with Crippen LogP contribution < -0.4 is 10.1 Å². The van der Waals surface area contributed by atoms with Gasteiger partial charge in [0.15, 0.2) is 18.2 Å². The molecule has 0 radical (unpaired) electrons. The summed E-state index contributed by atoms with van der Waals surface area (Å²) in [6, 6.07) is 18.2. The zero-order valence-corrected chi connectivity index (χ0v) is 17.7. The lowest BCUT2D eigenvalue weighted by Gasteiger charge is -2.18. The maximum atomic E-state index is 12.8. The van der Waals surface area contributed by atoms with Crippen molar-refractivity contribution in [3.05, 3.63) is 101 Å². The zero-order chi connectivity index (χ0) is 23.4. The van der Waals surface area contributed by atoms with Gasteiger partial charge in [0.05, 0.1) is 7.11 Å². The summed E-state index contributed by atoms with van der Waals surface area (Å²) in [6.45, 7) is -0.501. The monoisotopic (exact) mass is 441 g/mol. The first kappa shape index (κ1) is 21.7. The number of nitrogens with one attached hydrogen (secondary N) is 1. The molecule has 1 N–H and O–H groups in total. The second-order valence-corrected chi connectivity index (χ2v) is 7.23. The van der Waals surface area contributed by atoms with Gasteiger partial charge < -0.3 is 14.8 Å². The number of carbonyl (C=O) groups is 4. The molecular weight excluding hydrogens is 422 g/mol. The molecule has 0 bridgehead atoms. The summed E-state index contributed by atoms with van der Waals surface area (Å²) >= 11 is 0. The number of methoxy groups -OCH3 is 1. The summed E-state index contributed by atoms with van der Waals surface area (Å²) in [7, 11) is 1.56. The third kappa shape index (κ3) is 4.72. The number of benzene rings is 3. The van der Waals surface area contributed by atoms with Crippen molar-refractivity contribution >= 4 is 35.2 Å². The van der Waals surface area contributed by atoms with Crippen LogP contribution in [0.3, 0.4) is 0 Å². The van der Waals surface area contributed by atoms with E-state index in [4.69, 9.17) is 9.47 Å². The second-order valence-electron chi connectivity index (χ2n) is 7.23. The number of carbonyl (C=O) groups excluding carboxylic acids is 4. The van der Waals surface area contributed by atoms with Crippen molar-refractivity contribution in [3.8, 4) is 5.75 Å². The normalized spacial score (nSPS) is 12.2. The Balaban J connectivity index is 1.36. The van der Waals surface area contributed by atoms with E-state index in [0.29, 0.717) is 22.6 Å². The van der Waals surface area contributed by atoms with Gasteiger partial charge in [-0.3, -0.25) is 14.4 Å². The van der Waals surface area contributed by atoms with E-state index in [1.807, 2.05) is 0 Å². The predicted molar refractivity (Wildman–Crippen MR) is 121 cm³/mol. The summed E-state index contributed by atoms with van der Waals surface area (Å²) in [5.41, 5.74) is 2.29. The van der Waals surface area contributed by atoms with Gasteiger partial charge in [-0.2, -0.15) is 0 Å². The van der Waals surface area contributed by atoms with Crippen LogP contribution >= 0.6 is 0 Å². The number of amides is 1. The molecule has 7 heteroatoms. The first-order valence-corrected chi connectivity index (χ1v) is 10.1. The minimum Gasteiger partial charge on any atom is -0.497 e. The average molecular weight is 441 g/mol. The largest absolute Gasteiger partial charge is 0.497 e. The van der Waals surface area contributed by atoms with Crippen molar-refractivity contribution in [1.82, 2.24) is 0 Å². The van der Waals surface area contributed by atoms with E-state index in [2.05, 4.69) is 5.32 Å². The van der Waals surface area contributed by atoms with Crippen LogP contribution in [0.4, 0.5) is 5.69 Å². The van der Waals surface area contributed by atoms with Crippen molar-refractivity contribution in [2.75, 3.05) is 19.0 Å². The molecule has 1 aliphatic rings. The average Bonchev–Trinajstić information content (AvgIpc) is 2.85. The van der Waals surface area contributed by atoms with Crippen LogP contribution in [0.25, 0.3) is 6.08 Å². The third-order valence-corrected chi connectivity index (χ3v) is 5.08. The maximum Gasteiger partial charge on any atom is 0.331 e. The standard InChI is InChI=1S/C26H19NO6/c1-32-18-10-6-16(7-11-18)8-13-24(29)33-15-23(28)27-17-9-12-21-22(14-17)26(31)20-5-3-2-4-19(20)25(21)30/h2-14H,15H2,1H3,(H,27,28)/b13-8+. The Bertz CT molecular complexity index is 1290. The molecule has 7 nitrogen and oxygen atoms in total. The van der Waals surface area contributed by atoms with Crippen molar-refractivity contribution < 1.29 is 28.7 Å². The Morgan fingerprint density at radius 2 is 1.48 bits per heavy atom. The molecule has 3 aromatic carbocycles. The van der Waals surface area contributed by atoms with Gasteiger partial charge in [0.25, 0.3) is 5.91 Å². The van der Waals surface area contributed by atoms with E-state index in [0.717, 1.165) is 5.56 Å². The fraction of sp³-hybridized carbons (Fsp3) is 0.0769. The fourth-order valence-corrected chi connectivity index (χ4v) is 3.44. The van der Waals surface area contributed by atoms with Crippen molar-refractivity contribution in [1.29, 1.82) is 0 Å². The van der Waals surface area contributed by atoms with E-state index in [9.17, 15) is 19.2 Å². The highest BCUT2D eigenvalue weighted by molar-refractivity contribution is 6.28. The Kier molecular flexibility index (Phi) is 6.13. The molecule has 0 heterocycles. The van der Waals surface area contributed by atoms with Gasteiger partial charge in [0, 0.05) is 34.0 Å². The van der Waals surface area contributed by atoms with E-state index >= 15 is 0 Å². The number of anilines is 1. The summed E-state index contributed by atoms with van der Waals surface area (Å²) in [5, 5.41) is 2.58. The molecule has 0 atom stereocenters. The third-order valence-electron chi connectivity index (χ3n) is 5.08. The Morgan fingerprint density at radius 3 is 2.15 bits per heavy atom. The number of esters is 1. The minimum absolute atomic E-state index is 0.218. The smallest absolute Gasteiger partial charge is 0.331 e. The van der Waals surface area contributed by atoms with Crippen LogP contribution in [0.2, 0.25) is 0 Å². The summed E-state index contributed by atoms with van der Waals surface area (Å²) < 4.78 is 10.0. The highest BCUT2D eigenvalue weighted by Crippen LogP contribution is 2.29. The Labute approximate surface area is 189 Å². The lowest BCUT2D eigenvalue weighted by Crippen LogP contribution is -2.23. The molecule has 0 unspecified atom stereocenters. The van der Waals surface area contributed by atoms with Crippen molar-refractivity contribution in [2.45, 2.75) is 0 Å². The topological polar surface area (TPSA) is 98.8 Å². The van der Waals surface area contributed by atoms with E-state index in [1.54, 1.807) is 61.7 Å². The maximum absolute atomic E-state index is 12.8. The van der Waals surface area contributed by atoms with Crippen LogP contribution in [0.1, 0.15) is 37.4 Å². The molecule has 1 amide bonds. The van der Waals surface area contributed by atoms with Crippen LogP contribution in [0, 0.1) is 0 Å². The molecule has 0 saturated heterocycles. The molecule has 3 aromatic rings. The van der Waals surface area contributed by atoms with Gasteiger partial charge in [-0.25, -0.2) is 4.79 Å². The molecule has 0 aliphatic heterocycles. The number of hydrogen-bond donors (Lipinski definition) is 1. The quantitative estimate of drug-likeness (QED) is 0.362. The summed E-state index contributed by atoms with van der Waals surface area (Å²) in [6.07, 6.45) is 2.78. The van der Waals surface area contributed by atoms with Crippen LogP contribution in [-0.2, 0) is 14.3 Å². The Hall–Kier alpha value is -4.52. The van der Waals surface area contributed by atoms with Crippen LogP contribution in [0.5, 0.6) is 5.75 Å². The first-order chi connectivity index (χ1) is 16.0. The van der Waals surface area contributed by atoms with Crippen molar-refractivity contribution in [2.24, 2.45) is 0 Å². The molecule has 0 fully saturated rings. The van der Waals surface area contributed by atoms with E-state index in [1.165, 1.54) is 24.3 Å². The van der Waals surface area contributed by atoms with Gasteiger partial charge in [0.1, 0.15) is 5.75 Å².